The molecule has 1 aromatic carbocycles. The minimum atomic E-state index is -4.94. The second-order valence-corrected chi connectivity index (χ2v) is 8.73. The Balaban J connectivity index is 1.91. The zero-order valence-electron chi connectivity index (χ0n) is 19.2. The number of carbonyl (C=O) groups is 1. The van der Waals surface area contributed by atoms with Crippen molar-refractivity contribution in [2.24, 2.45) is 0 Å². The lowest BCUT2D eigenvalue weighted by Gasteiger charge is -2.35. The van der Waals surface area contributed by atoms with Crippen molar-refractivity contribution in [2.75, 3.05) is 36.8 Å². The fourth-order valence-corrected chi connectivity index (χ4v) is 4.45. The molecular weight excluding hydrogens is 526 g/mol. The monoisotopic (exact) mass is 544 g/mol. The summed E-state index contributed by atoms with van der Waals surface area (Å²) in [5.41, 5.74) is 3.16. The van der Waals surface area contributed by atoms with Gasteiger partial charge in [0.15, 0.2) is 0 Å². The van der Waals surface area contributed by atoms with Gasteiger partial charge in [0.2, 0.25) is 11.7 Å². The Morgan fingerprint density at radius 2 is 1.68 bits per heavy atom. The number of halogens is 7. The summed E-state index contributed by atoms with van der Waals surface area (Å²) in [7, 11) is 0. The number of hydrogen-bond donors (Lipinski definition) is 1. The van der Waals surface area contributed by atoms with E-state index in [-0.39, 0.29) is 70.8 Å². The number of alkyl halides is 6. The van der Waals surface area contributed by atoms with Gasteiger partial charge in [0, 0.05) is 37.1 Å². The van der Waals surface area contributed by atoms with Crippen LogP contribution < -0.4 is 10.6 Å². The van der Waals surface area contributed by atoms with E-state index in [1.165, 1.54) is 22.8 Å². The maximum Gasteiger partial charge on any atom is 0.451 e. The third-order valence-corrected chi connectivity index (χ3v) is 6.17. The molecule has 1 aliphatic rings. The number of nitrogens with two attached hydrogens (primary N) is 1. The van der Waals surface area contributed by atoms with Crippen molar-refractivity contribution in [3.63, 3.8) is 0 Å². The Morgan fingerprint density at radius 3 is 2.24 bits per heavy atom. The molecule has 0 atom stereocenters. The molecule has 196 valence electrons. The van der Waals surface area contributed by atoms with Gasteiger partial charge in [-0.3, -0.25) is 4.79 Å². The topological polar surface area (TPSA) is 88.2 Å². The molecule has 7 nitrogen and oxygen atoms in total. The van der Waals surface area contributed by atoms with Crippen LogP contribution in [0.3, 0.4) is 0 Å². The van der Waals surface area contributed by atoms with Crippen molar-refractivity contribution in [3.8, 4) is 11.3 Å². The van der Waals surface area contributed by atoms with Gasteiger partial charge in [0.1, 0.15) is 11.6 Å². The molecule has 2 N–H and O–H groups in total. The molecule has 2 aromatic heterocycles. The summed E-state index contributed by atoms with van der Waals surface area (Å²) in [6, 6.07) is 3.27. The summed E-state index contributed by atoms with van der Waals surface area (Å²) in [6.07, 6.45) is -8.64. The maximum atomic E-state index is 13.9. The summed E-state index contributed by atoms with van der Waals surface area (Å²) < 4.78 is 82.7. The number of pyridine rings is 1. The lowest BCUT2D eigenvalue weighted by Crippen LogP contribution is -2.48. The van der Waals surface area contributed by atoms with Gasteiger partial charge < -0.3 is 15.5 Å². The number of anilines is 2. The number of hydrogen-bond acceptors (Lipinski definition) is 6. The van der Waals surface area contributed by atoms with Crippen molar-refractivity contribution in [1.82, 2.24) is 19.9 Å². The van der Waals surface area contributed by atoms with Crippen LogP contribution in [-0.2, 0) is 17.1 Å². The van der Waals surface area contributed by atoms with E-state index in [1.807, 2.05) is 0 Å². The van der Waals surface area contributed by atoms with Crippen LogP contribution >= 0.6 is 11.6 Å². The van der Waals surface area contributed by atoms with E-state index in [0.29, 0.717) is 0 Å². The Kier molecular flexibility index (Phi) is 6.69. The zero-order valence-corrected chi connectivity index (χ0v) is 20.0. The summed E-state index contributed by atoms with van der Waals surface area (Å²) in [5, 5.41) is -0.111. The highest BCUT2D eigenvalue weighted by molar-refractivity contribution is 6.34. The van der Waals surface area contributed by atoms with Crippen LogP contribution in [-0.4, -0.2) is 51.9 Å². The minimum absolute atomic E-state index is 0.0967. The van der Waals surface area contributed by atoms with E-state index >= 15 is 0 Å². The predicted molar refractivity (Wildman–Crippen MR) is 126 cm³/mol. The van der Waals surface area contributed by atoms with Gasteiger partial charge >= 0.3 is 12.4 Å². The SMILES string of the molecule is C=CC(=O)N1CCN(c2nc(C(F)(F)F)nc3cc(-c4nc(N)cc(C)c4C(F)(F)F)c(Cl)cc23)CC1. The zero-order chi connectivity index (χ0) is 27.3. The number of aryl methyl sites for hydroxylation is 1. The number of piperazine rings is 1. The number of benzene rings is 1. The van der Waals surface area contributed by atoms with Gasteiger partial charge in [-0.15, -0.1) is 0 Å². The number of rotatable bonds is 3. The third kappa shape index (κ3) is 5.13. The summed E-state index contributed by atoms with van der Waals surface area (Å²) in [6.45, 7) is 5.31. The van der Waals surface area contributed by atoms with Gasteiger partial charge in [0.05, 0.1) is 21.8 Å². The molecule has 37 heavy (non-hydrogen) atoms. The largest absolute Gasteiger partial charge is 0.451 e. The molecule has 4 rings (SSSR count). The summed E-state index contributed by atoms with van der Waals surface area (Å²) >= 11 is 6.38. The average Bonchev–Trinajstić information content (AvgIpc) is 2.80. The minimum Gasteiger partial charge on any atom is -0.384 e. The molecule has 1 fully saturated rings. The molecular formula is C23H19ClF6N6O. The highest BCUT2D eigenvalue weighted by Crippen LogP contribution is 2.43. The van der Waals surface area contributed by atoms with E-state index in [4.69, 9.17) is 17.3 Å². The molecule has 1 saturated heterocycles. The molecule has 0 aliphatic carbocycles. The van der Waals surface area contributed by atoms with E-state index in [2.05, 4.69) is 21.5 Å². The third-order valence-electron chi connectivity index (χ3n) is 5.86. The van der Waals surface area contributed by atoms with E-state index in [9.17, 15) is 31.1 Å². The first kappa shape index (κ1) is 26.5. The molecule has 0 bridgehead atoms. The standard InChI is InChI=1S/C23H19ClF6N6O/c1-3-17(37)35-4-6-36(7-5-35)20-13-9-14(24)12(10-15(13)32-21(34-20)23(28,29)30)19-18(22(25,26)27)11(2)8-16(31)33-19/h3,8-10H,1,4-7H2,2H3,(H2,31,33). The maximum absolute atomic E-state index is 13.9. The van der Waals surface area contributed by atoms with Crippen LogP contribution in [0.4, 0.5) is 38.0 Å². The fourth-order valence-electron chi connectivity index (χ4n) is 4.20. The quantitative estimate of drug-likeness (QED) is 0.364. The molecule has 3 aromatic rings. The highest BCUT2D eigenvalue weighted by Gasteiger charge is 2.39. The first-order valence-electron chi connectivity index (χ1n) is 10.8. The highest BCUT2D eigenvalue weighted by atomic mass is 35.5. The molecule has 1 aliphatic heterocycles. The number of nitrogens with zero attached hydrogens (tertiary/aromatic N) is 5. The summed E-state index contributed by atoms with van der Waals surface area (Å²) in [5.74, 6) is -2.12. The van der Waals surface area contributed by atoms with Crippen LogP contribution in [0.25, 0.3) is 22.2 Å². The van der Waals surface area contributed by atoms with E-state index < -0.39 is 29.4 Å². The predicted octanol–water partition coefficient (Wildman–Crippen LogP) is 5.11. The number of nitrogen functional groups attached to an aromatic ring is 1. The second-order valence-electron chi connectivity index (χ2n) is 8.32. The van der Waals surface area contributed by atoms with E-state index in [0.717, 1.165) is 18.2 Å². The number of carbonyl (C=O) groups excluding carboxylic acids is 1. The first-order chi connectivity index (χ1) is 17.2. The molecule has 0 saturated carbocycles. The van der Waals surface area contributed by atoms with Gasteiger partial charge in [0.25, 0.3) is 0 Å². The normalized spacial score (nSPS) is 14.8. The first-order valence-corrected chi connectivity index (χ1v) is 11.2. The lowest BCUT2D eigenvalue weighted by molar-refractivity contribution is -0.144. The molecule has 0 spiro atoms. The van der Waals surface area contributed by atoms with Gasteiger partial charge in [-0.2, -0.15) is 26.3 Å². The Labute approximate surface area is 211 Å². The van der Waals surface area contributed by atoms with Crippen LogP contribution in [0.15, 0.2) is 30.9 Å². The number of aromatic nitrogens is 3. The molecule has 0 radical (unpaired) electrons. The average molecular weight is 545 g/mol. The van der Waals surface area contributed by atoms with Gasteiger partial charge in [-0.05, 0) is 36.8 Å². The lowest BCUT2D eigenvalue weighted by atomic mass is 9.99. The van der Waals surface area contributed by atoms with Crippen molar-refractivity contribution in [3.05, 3.63) is 52.8 Å². The number of amides is 1. The van der Waals surface area contributed by atoms with Crippen molar-refractivity contribution >= 4 is 40.0 Å². The van der Waals surface area contributed by atoms with E-state index in [1.54, 1.807) is 0 Å². The van der Waals surface area contributed by atoms with Crippen molar-refractivity contribution in [2.45, 2.75) is 19.3 Å². The molecule has 1 amide bonds. The Bertz CT molecular complexity index is 1400. The van der Waals surface area contributed by atoms with Crippen molar-refractivity contribution in [1.29, 1.82) is 0 Å². The molecule has 3 heterocycles. The van der Waals surface area contributed by atoms with Gasteiger partial charge in [-0.25, -0.2) is 15.0 Å². The summed E-state index contributed by atoms with van der Waals surface area (Å²) in [4.78, 5) is 26.0. The second kappa shape index (κ2) is 9.36. The van der Waals surface area contributed by atoms with Crippen LogP contribution in [0.5, 0.6) is 0 Å². The van der Waals surface area contributed by atoms with Crippen molar-refractivity contribution < 1.29 is 31.1 Å². The number of fused-ring (bicyclic) bond motifs is 1. The molecule has 0 unspecified atom stereocenters. The Hall–Kier alpha value is -3.61. The van der Waals surface area contributed by atoms with Crippen LogP contribution in [0.2, 0.25) is 5.02 Å². The molecule has 14 heteroatoms. The smallest absolute Gasteiger partial charge is 0.384 e. The van der Waals surface area contributed by atoms with Gasteiger partial charge in [-0.1, -0.05) is 18.2 Å². The van der Waals surface area contributed by atoms with Crippen LogP contribution in [0.1, 0.15) is 17.0 Å². The van der Waals surface area contributed by atoms with Crippen LogP contribution in [0, 0.1) is 6.92 Å². The Morgan fingerprint density at radius 1 is 1.03 bits per heavy atom. The fraction of sp³-hybridized carbons (Fsp3) is 0.304.